The van der Waals surface area contributed by atoms with E-state index in [9.17, 15) is 4.79 Å². The van der Waals surface area contributed by atoms with Gasteiger partial charge < -0.3 is 9.64 Å². The third-order valence-electron chi connectivity index (χ3n) is 3.66. The van der Waals surface area contributed by atoms with E-state index < -0.39 is 11.4 Å². The third-order valence-corrected chi connectivity index (χ3v) is 6.43. The maximum absolute atomic E-state index is 12.7. The van der Waals surface area contributed by atoms with Gasteiger partial charge in [0.2, 0.25) is 0 Å². The minimum absolute atomic E-state index is 0.391. The van der Waals surface area contributed by atoms with Crippen molar-refractivity contribution in [3.63, 3.8) is 0 Å². The van der Waals surface area contributed by atoms with Gasteiger partial charge in [0.05, 0.1) is 5.56 Å². The van der Waals surface area contributed by atoms with Gasteiger partial charge in [0, 0.05) is 27.6 Å². The zero-order valence-corrected chi connectivity index (χ0v) is 19.3. The number of hydrogen-bond acceptors (Lipinski definition) is 4. The first-order valence-corrected chi connectivity index (χ1v) is 11.0. The minimum Gasteiger partial charge on any atom is -0.442 e. The number of carbonyl (C=O) groups is 1. The average molecular weight is 517 g/mol. The van der Waals surface area contributed by atoms with E-state index in [4.69, 9.17) is 17.0 Å². The van der Waals surface area contributed by atoms with Crippen LogP contribution >= 0.6 is 55.8 Å². The number of hydrogen-bond donors (Lipinski definition) is 0. The Morgan fingerprint density at radius 1 is 1.15 bits per heavy atom. The highest BCUT2D eigenvalue weighted by molar-refractivity contribution is 9.10. The van der Waals surface area contributed by atoms with Gasteiger partial charge in [-0.15, -0.1) is 0 Å². The van der Waals surface area contributed by atoms with Crippen LogP contribution in [0.4, 0.5) is 0 Å². The summed E-state index contributed by atoms with van der Waals surface area (Å²) in [5.74, 6) is -0.391. The lowest BCUT2D eigenvalue weighted by atomic mass is 10.2. The summed E-state index contributed by atoms with van der Waals surface area (Å²) < 4.78 is 8.16. The van der Waals surface area contributed by atoms with Crippen LogP contribution in [0.2, 0.25) is 0 Å². The first-order chi connectivity index (χ1) is 12.5. The third kappa shape index (κ3) is 5.81. The lowest BCUT2D eigenvalue weighted by Gasteiger charge is -2.25. The summed E-state index contributed by atoms with van der Waals surface area (Å²) in [6.07, 6.45) is 0. The number of rotatable bonds is 6. The van der Waals surface area contributed by atoms with Gasteiger partial charge in [-0.05, 0) is 65.8 Å². The second-order valence-electron chi connectivity index (χ2n) is 5.33. The number of halogens is 2. The maximum Gasteiger partial charge on any atom is 0.340 e. The van der Waals surface area contributed by atoms with Crippen molar-refractivity contribution >= 4 is 66.1 Å². The molecule has 7 heteroatoms. The Labute approximate surface area is 180 Å². The number of carbonyl (C=O) groups excluding carboxylic acids is 1. The fourth-order valence-electron chi connectivity index (χ4n) is 2.25. The fraction of sp³-hybridized carbons (Fsp3) is 0.263. The molecule has 0 aliphatic heterocycles. The lowest BCUT2D eigenvalue weighted by molar-refractivity contribution is 0.0457. The molecule has 2 aromatic carbocycles. The molecule has 0 aromatic heterocycles. The molecule has 0 N–H and O–H groups in total. The van der Waals surface area contributed by atoms with Gasteiger partial charge in [-0.3, -0.25) is 0 Å². The largest absolute Gasteiger partial charge is 0.442 e. The monoisotopic (exact) mass is 515 g/mol. The van der Waals surface area contributed by atoms with Crippen molar-refractivity contribution in [1.29, 1.82) is 0 Å². The number of ether oxygens (including phenoxy) is 1. The van der Waals surface area contributed by atoms with E-state index in [1.807, 2.05) is 42.5 Å². The second-order valence-corrected chi connectivity index (χ2v) is 8.79. The first kappa shape index (κ1) is 21.4. The summed E-state index contributed by atoms with van der Waals surface area (Å²) in [5.41, 5.74) is 0.835. The second kappa shape index (κ2) is 10.4. The zero-order valence-electron chi connectivity index (χ0n) is 14.4. The van der Waals surface area contributed by atoms with Gasteiger partial charge in [-0.25, -0.2) is 4.79 Å². The summed E-state index contributed by atoms with van der Waals surface area (Å²) in [7, 11) is 0. The van der Waals surface area contributed by atoms with Crippen LogP contribution in [0.25, 0.3) is 0 Å². The molecule has 0 aliphatic carbocycles. The van der Waals surface area contributed by atoms with Crippen molar-refractivity contribution in [2.45, 2.75) is 19.3 Å². The molecule has 0 saturated heterocycles. The Morgan fingerprint density at radius 2 is 1.85 bits per heavy atom. The van der Waals surface area contributed by atoms with Crippen molar-refractivity contribution in [3.05, 3.63) is 68.6 Å². The van der Waals surface area contributed by atoms with Crippen LogP contribution in [0.1, 0.15) is 35.2 Å². The molecule has 138 valence electrons. The van der Waals surface area contributed by atoms with Crippen molar-refractivity contribution in [3.8, 4) is 0 Å². The van der Waals surface area contributed by atoms with Crippen LogP contribution in [-0.2, 0) is 4.74 Å². The highest BCUT2D eigenvalue weighted by atomic mass is 79.9. The smallest absolute Gasteiger partial charge is 0.340 e. The van der Waals surface area contributed by atoms with Gasteiger partial charge >= 0.3 is 5.97 Å². The SMILES string of the molecule is CCN(CC)C(=S)S[C@H](OC(=O)c1ccccc1Br)c1cccc(Br)c1. The molecule has 0 unspecified atom stereocenters. The number of esters is 1. The summed E-state index contributed by atoms with van der Waals surface area (Å²) >= 11 is 13.8. The van der Waals surface area contributed by atoms with E-state index in [1.54, 1.807) is 6.07 Å². The van der Waals surface area contributed by atoms with E-state index in [-0.39, 0.29) is 0 Å². The Balaban J connectivity index is 2.27. The fourth-order valence-corrected chi connectivity index (χ4v) is 4.64. The molecular weight excluding hydrogens is 498 g/mol. The molecule has 2 aromatic rings. The Bertz CT molecular complexity index is 782. The summed E-state index contributed by atoms with van der Waals surface area (Å²) in [6, 6.07) is 14.9. The van der Waals surface area contributed by atoms with Crippen LogP contribution in [0, 0.1) is 0 Å². The number of thioether (sulfide) groups is 1. The zero-order chi connectivity index (χ0) is 19.1. The lowest BCUT2D eigenvalue weighted by Crippen LogP contribution is -2.27. The first-order valence-electron chi connectivity index (χ1n) is 8.12. The van der Waals surface area contributed by atoms with Crippen molar-refractivity contribution < 1.29 is 9.53 Å². The van der Waals surface area contributed by atoms with E-state index in [0.717, 1.165) is 23.1 Å². The molecule has 0 aliphatic rings. The topological polar surface area (TPSA) is 29.5 Å². The van der Waals surface area contributed by atoms with Crippen molar-refractivity contribution in [1.82, 2.24) is 4.90 Å². The van der Waals surface area contributed by atoms with Crippen LogP contribution in [0.3, 0.4) is 0 Å². The highest BCUT2D eigenvalue weighted by Crippen LogP contribution is 2.35. The van der Waals surface area contributed by atoms with Crippen LogP contribution in [-0.4, -0.2) is 28.3 Å². The number of benzene rings is 2. The molecule has 0 heterocycles. The average Bonchev–Trinajstić information content (AvgIpc) is 2.62. The Morgan fingerprint density at radius 3 is 2.46 bits per heavy atom. The van der Waals surface area contributed by atoms with Gasteiger partial charge in [-0.2, -0.15) is 0 Å². The van der Waals surface area contributed by atoms with E-state index >= 15 is 0 Å². The minimum atomic E-state index is -0.528. The Hall–Kier alpha value is -0.890. The number of nitrogens with zero attached hydrogens (tertiary/aromatic N) is 1. The summed E-state index contributed by atoms with van der Waals surface area (Å²) in [6.45, 7) is 5.73. The van der Waals surface area contributed by atoms with E-state index in [2.05, 4.69) is 50.6 Å². The van der Waals surface area contributed by atoms with Gasteiger partial charge in [-0.1, -0.05) is 52.4 Å². The molecule has 26 heavy (non-hydrogen) atoms. The molecule has 0 fully saturated rings. The van der Waals surface area contributed by atoms with Gasteiger partial charge in [0.25, 0.3) is 0 Å². The highest BCUT2D eigenvalue weighted by Gasteiger charge is 2.23. The molecular formula is C19H19Br2NO2S2. The maximum atomic E-state index is 12.7. The van der Waals surface area contributed by atoms with E-state index in [1.165, 1.54) is 11.8 Å². The summed E-state index contributed by atoms with van der Waals surface area (Å²) in [4.78, 5) is 14.8. The molecule has 0 spiro atoms. The molecule has 0 radical (unpaired) electrons. The van der Waals surface area contributed by atoms with E-state index in [0.29, 0.717) is 14.4 Å². The molecule has 2 rings (SSSR count). The summed E-state index contributed by atoms with van der Waals surface area (Å²) in [5, 5.41) is 0. The predicted molar refractivity (Wildman–Crippen MR) is 120 cm³/mol. The Kier molecular flexibility index (Phi) is 8.60. The predicted octanol–water partition coefficient (Wildman–Crippen LogP) is 6.43. The molecule has 1 atom stereocenters. The number of thiocarbonyl (C=S) groups is 1. The standard InChI is InChI=1S/C19H19Br2NO2S2/c1-3-22(4-2)19(25)26-18(13-8-7-9-14(20)12-13)24-17(23)15-10-5-6-11-16(15)21/h5-12,18H,3-4H2,1-2H3/t18-/m0/s1. The quantitative estimate of drug-likeness (QED) is 0.251. The van der Waals surface area contributed by atoms with Crippen LogP contribution in [0.15, 0.2) is 57.5 Å². The van der Waals surface area contributed by atoms with Crippen LogP contribution < -0.4 is 0 Å². The van der Waals surface area contributed by atoms with Crippen molar-refractivity contribution in [2.75, 3.05) is 13.1 Å². The van der Waals surface area contributed by atoms with Crippen molar-refractivity contribution in [2.24, 2.45) is 0 Å². The van der Waals surface area contributed by atoms with Crippen LogP contribution in [0.5, 0.6) is 0 Å². The molecule has 3 nitrogen and oxygen atoms in total. The molecule has 0 saturated carbocycles. The normalized spacial score (nSPS) is 11.7. The molecule has 0 amide bonds. The molecule has 0 bridgehead atoms. The van der Waals surface area contributed by atoms with Gasteiger partial charge in [0.1, 0.15) is 4.32 Å². The van der Waals surface area contributed by atoms with Gasteiger partial charge in [0.15, 0.2) is 5.44 Å².